The van der Waals surface area contributed by atoms with Gasteiger partial charge < -0.3 is 15.8 Å². The fourth-order valence-electron chi connectivity index (χ4n) is 1.88. The summed E-state index contributed by atoms with van der Waals surface area (Å²) in [7, 11) is 0. The molecule has 0 saturated carbocycles. The molecule has 0 bridgehead atoms. The standard InChI is InChI=1S/C13H14F4N6O2S/c1-26-19-5-4-18-11-10(22-25-23-11)12(21-24)20-7-2-3-9(14)8(6-7)13(15,16)17/h2-3,6,19,24H,4-5H2,1H3,(H,18,23)(H,20,21). The van der Waals surface area contributed by atoms with Gasteiger partial charge in [-0.25, -0.2) is 9.02 Å². The number of anilines is 2. The summed E-state index contributed by atoms with van der Waals surface area (Å²) in [4.78, 5) is 0. The van der Waals surface area contributed by atoms with E-state index < -0.39 is 17.6 Å². The first-order valence-electron chi connectivity index (χ1n) is 7.05. The lowest BCUT2D eigenvalue weighted by molar-refractivity contribution is -0.139. The molecule has 0 saturated heterocycles. The van der Waals surface area contributed by atoms with Gasteiger partial charge >= 0.3 is 6.18 Å². The Morgan fingerprint density at radius 1 is 1.31 bits per heavy atom. The van der Waals surface area contributed by atoms with Gasteiger partial charge in [0.15, 0.2) is 5.69 Å². The second-order valence-electron chi connectivity index (χ2n) is 4.75. The number of hydrogen-bond donors (Lipinski definition) is 4. The van der Waals surface area contributed by atoms with Crippen LogP contribution in [0.15, 0.2) is 28.0 Å². The first-order valence-corrected chi connectivity index (χ1v) is 8.27. The van der Waals surface area contributed by atoms with Crippen molar-refractivity contribution in [3.05, 3.63) is 35.3 Å². The van der Waals surface area contributed by atoms with Crippen molar-refractivity contribution in [3.63, 3.8) is 0 Å². The second-order valence-corrected chi connectivity index (χ2v) is 5.45. The summed E-state index contributed by atoms with van der Waals surface area (Å²) in [6.45, 7) is 0.995. The van der Waals surface area contributed by atoms with Gasteiger partial charge in [0.1, 0.15) is 5.82 Å². The summed E-state index contributed by atoms with van der Waals surface area (Å²) >= 11 is 1.41. The third kappa shape index (κ3) is 4.98. The van der Waals surface area contributed by atoms with Crippen molar-refractivity contribution in [2.24, 2.45) is 5.16 Å². The minimum Gasteiger partial charge on any atom is -0.409 e. The zero-order valence-corrected chi connectivity index (χ0v) is 14.1. The number of halogens is 4. The van der Waals surface area contributed by atoms with Crippen LogP contribution in [0.4, 0.5) is 29.1 Å². The van der Waals surface area contributed by atoms with E-state index in [2.05, 4.69) is 35.5 Å². The van der Waals surface area contributed by atoms with E-state index in [0.29, 0.717) is 25.2 Å². The van der Waals surface area contributed by atoms with Crippen molar-refractivity contribution >= 4 is 29.3 Å². The SMILES string of the molecule is CSNCCNc1nonc1/C(=N/O)Nc1ccc(F)c(C(F)(F)F)c1. The Morgan fingerprint density at radius 3 is 2.73 bits per heavy atom. The number of aromatic nitrogens is 2. The van der Waals surface area contributed by atoms with E-state index in [1.807, 2.05) is 6.26 Å². The van der Waals surface area contributed by atoms with E-state index >= 15 is 0 Å². The van der Waals surface area contributed by atoms with Crippen molar-refractivity contribution in [3.8, 4) is 0 Å². The molecule has 1 aromatic heterocycles. The van der Waals surface area contributed by atoms with Crippen LogP contribution in [0.25, 0.3) is 0 Å². The lowest BCUT2D eigenvalue weighted by atomic mass is 10.1. The maximum absolute atomic E-state index is 13.3. The molecule has 0 atom stereocenters. The zero-order chi connectivity index (χ0) is 19.2. The van der Waals surface area contributed by atoms with E-state index in [1.165, 1.54) is 11.9 Å². The van der Waals surface area contributed by atoms with Gasteiger partial charge in [-0.1, -0.05) is 17.1 Å². The van der Waals surface area contributed by atoms with Crippen LogP contribution in [0.5, 0.6) is 0 Å². The number of nitrogens with one attached hydrogen (secondary N) is 3. The number of nitrogens with zero attached hydrogens (tertiary/aromatic N) is 3. The Morgan fingerprint density at radius 2 is 2.08 bits per heavy atom. The van der Waals surface area contributed by atoms with Crippen molar-refractivity contribution in [2.75, 3.05) is 30.0 Å². The average molecular weight is 394 g/mol. The van der Waals surface area contributed by atoms with Gasteiger partial charge in [-0.15, -0.1) is 0 Å². The number of oxime groups is 1. The number of hydrogen-bond acceptors (Lipinski definition) is 8. The Hall–Kier alpha value is -2.54. The highest BCUT2D eigenvalue weighted by atomic mass is 32.2. The van der Waals surface area contributed by atoms with Gasteiger partial charge in [0, 0.05) is 18.8 Å². The fourth-order valence-corrected chi connectivity index (χ4v) is 2.19. The molecule has 1 aromatic carbocycles. The normalized spacial score (nSPS) is 12.3. The van der Waals surface area contributed by atoms with Crippen molar-refractivity contribution in [1.29, 1.82) is 0 Å². The molecule has 0 aliphatic rings. The summed E-state index contributed by atoms with van der Waals surface area (Å²) in [5, 5.41) is 24.5. The summed E-state index contributed by atoms with van der Waals surface area (Å²) in [5.74, 6) is -1.63. The van der Waals surface area contributed by atoms with Crippen molar-refractivity contribution in [2.45, 2.75) is 6.18 Å². The van der Waals surface area contributed by atoms with Crippen molar-refractivity contribution < 1.29 is 27.4 Å². The van der Waals surface area contributed by atoms with Crippen LogP contribution >= 0.6 is 11.9 Å². The lowest BCUT2D eigenvalue weighted by Crippen LogP contribution is -2.20. The molecule has 8 nitrogen and oxygen atoms in total. The van der Waals surface area contributed by atoms with Gasteiger partial charge in [0.05, 0.1) is 5.56 Å². The Balaban J connectivity index is 2.18. The number of alkyl halides is 3. The highest BCUT2D eigenvalue weighted by Gasteiger charge is 2.34. The van der Waals surface area contributed by atoms with Crippen LogP contribution in [0, 0.1) is 5.82 Å². The number of amidine groups is 1. The average Bonchev–Trinajstić information content (AvgIpc) is 3.05. The molecule has 0 amide bonds. The molecule has 26 heavy (non-hydrogen) atoms. The molecule has 142 valence electrons. The molecule has 1 heterocycles. The fraction of sp³-hybridized carbons (Fsp3) is 0.308. The van der Waals surface area contributed by atoms with E-state index in [4.69, 9.17) is 5.21 Å². The van der Waals surface area contributed by atoms with E-state index in [9.17, 15) is 17.6 Å². The smallest absolute Gasteiger partial charge is 0.409 e. The van der Waals surface area contributed by atoms with Crippen molar-refractivity contribution in [1.82, 2.24) is 15.0 Å². The Kier molecular flexibility index (Phi) is 6.63. The predicted molar refractivity (Wildman–Crippen MR) is 87.7 cm³/mol. The van der Waals surface area contributed by atoms with Crippen LogP contribution in [0.3, 0.4) is 0 Å². The summed E-state index contributed by atoms with van der Waals surface area (Å²) in [6.07, 6.45) is -3.02. The third-order valence-electron chi connectivity index (χ3n) is 3.01. The molecule has 0 aliphatic heterocycles. The van der Waals surface area contributed by atoms with E-state index in [-0.39, 0.29) is 23.0 Å². The maximum atomic E-state index is 13.3. The summed E-state index contributed by atoms with van der Waals surface area (Å²) < 4.78 is 59.2. The molecule has 0 radical (unpaired) electrons. The topological polar surface area (TPSA) is 108 Å². The van der Waals surface area contributed by atoms with Crippen LogP contribution in [0.2, 0.25) is 0 Å². The van der Waals surface area contributed by atoms with Crippen LogP contribution in [-0.4, -0.2) is 40.7 Å². The monoisotopic (exact) mass is 394 g/mol. The maximum Gasteiger partial charge on any atom is 0.419 e. The molecule has 0 fully saturated rings. The highest BCUT2D eigenvalue weighted by Crippen LogP contribution is 2.33. The summed E-state index contributed by atoms with van der Waals surface area (Å²) in [5.41, 5.74) is -1.68. The van der Waals surface area contributed by atoms with Gasteiger partial charge in [0.25, 0.3) is 0 Å². The van der Waals surface area contributed by atoms with Gasteiger partial charge in [0.2, 0.25) is 11.7 Å². The lowest BCUT2D eigenvalue weighted by Gasteiger charge is -2.12. The molecule has 13 heteroatoms. The molecule has 4 N–H and O–H groups in total. The quantitative estimate of drug-likeness (QED) is 0.108. The van der Waals surface area contributed by atoms with Crippen LogP contribution in [-0.2, 0) is 6.18 Å². The highest BCUT2D eigenvalue weighted by molar-refractivity contribution is 7.96. The minimum atomic E-state index is -4.87. The Labute approximate surface area is 149 Å². The first-order chi connectivity index (χ1) is 12.4. The first kappa shape index (κ1) is 19.8. The molecule has 0 spiro atoms. The van der Waals surface area contributed by atoms with E-state index in [0.717, 1.165) is 6.07 Å². The van der Waals surface area contributed by atoms with Crippen LogP contribution < -0.4 is 15.4 Å². The predicted octanol–water partition coefficient (Wildman–Crippen LogP) is 2.75. The molecular weight excluding hydrogens is 380 g/mol. The summed E-state index contributed by atoms with van der Waals surface area (Å²) in [6, 6.07) is 2.25. The number of benzene rings is 1. The van der Waals surface area contributed by atoms with E-state index in [1.54, 1.807) is 0 Å². The Bertz CT molecular complexity index is 767. The largest absolute Gasteiger partial charge is 0.419 e. The minimum absolute atomic E-state index is 0.0606. The second kappa shape index (κ2) is 8.71. The van der Waals surface area contributed by atoms with Gasteiger partial charge in [-0.2, -0.15) is 13.2 Å². The molecule has 2 aromatic rings. The molecular formula is C13H14F4N6O2S. The number of rotatable bonds is 7. The third-order valence-corrected chi connectivity index (χ3v) is 3.50. The van der Waals surface area contributed by atoms with Gasteiger partial charge in [-0.05, 0) is 34.8 Å². The molecule has 0 unspecified atom stereocenters. The zero-order valence-electron chi connectivity index (χ0n) is 13.3. The van der Waals surface area contributed by atoms with Gasteiger partial charge in [-0.3, -0.25) is 4.72 Å². The molecule has 2 rings (SSSR count). The van der Waals surface area contributed by atoms with Crippen LogP contribution in [0.1, 0.15) is 11.3 Å². The molecule has 0 aliphatic carbocycles.